The molecule has 0 atom stereocenters. The molecule has 4 aromatic rings. The molecule has 0 unspecified atom stereocenters. The van der Waals surface area contributed by atoms with E-state index in [-0.39, 0.29) is 0 Å². The first kappa shape index (κ1) is 22.4. The fourth-order valence-corrected chi connectivity index (χ4v) is 4.24. The number of pyridine rings is 1. The van der Waals surface area contributed by atoms with E-state index in [0.29, 0.717) is 11.6 Å². The van der Waals surface area contributed by atoms with Crippen molar-refractivity contribution in [2.24, 2.45) is 0 Å². The molecule has 0 radical (unpaired) electrons. The van der Waals surface area contributed by atoms with Crippen molar-refractivity contribution in [1.82, 2.24) is 19.9 Å². The summed E-state index contributed by atoms with van der Waals surface area (Å²) < 4.78 is 0. The Morgan fingerprint density at radius 1 is 0.941 bits per heavy atom. The van der Waals surface area contributed by atoms with Crippen molar-refractivity contribution < 1.29 is 0 Å². The number of halogens is 1. The summed E-state index contributed by atoms with van der Waals surface area (Å²) >= 11 is 6.11. The molecule has 1 saturated heterocycles. The first-order valence-corrected chi connectivity index (χ1v) is 11.8. The molecule has 1 fully saturated rings. The van der Waals surface area contributed by atoms with Crippen molar-refractivity contribution in [3.05, 3.63) is 77.1 Å². The minimum Gasteiger partial charge on any atom is -0.366 e. The fraction of sp³-hybridized carbons (Fsp3) is 0.269. The second-order valence-electron chi connectivity index (χ2n) is 8.68. The average Bonchev–Trinajstić information content (AvgIpc) is 2.84. The molecule has 2 aromatic heterocycles. The number of aromatic nitrogens is 3. The number of likely N-dealkylation sites (N-methyl/N-ethyl adjacent to an activating group) is 1. The number of nitrogens with zero attached hydrogens (tertiary/aromatic N) is 5. The maximum Gasteiger partial charge on any atom is 0.227 e. The standard InChI is InChI=1S/C26H28ClN7/c1-18-15-25(32-26(30-18)34-13-11-33(2)12-14-34)29-17-19-3-6-21(7-4-19)31-23-9-10-28-24-16-20(27)5-8-22(23)24/h3-10,15-16H,11-14,17H2,1-2H3,(H,28,31)(H,29,30,32). The second kappa shape index (κ2) is 9.83. The first-order valence-electron chi connectivity index (χ1n) is 11.5. The smallest absolute Gasteiger partial charge is 0.227 e. The van der Waals surface area contributed by atoms with Crippen LogP contribution in [0.25, 0.3) is 10.9 Å². The molecule has 3 heterocycles. The van der Waals surface area contributed by atoms with E-state index in [1.54, 1.807) is 6.20 Å². The van der Waals surface area contributed by atoms with Gasteiger partial charge >= 0.3 is 0 Å². The predicted molar refractivity (Wildman–Crippen MR) is 140 cm³/mol. The minimum atomic E-state index is 0.684. The van der Waals surface area contributed by atoms with Gasteiger partial charge < -0.3 is 20.4 Å². The molecule has 1 aliphatic rings. The molecule has 8 heteroatoms. The highest BCUT2D eigenvalue weighted by Crippen LogP contribution is 2.27. The highest BCUT2D eigenvalue weighted by Gasteiger charge is 2.17. The van der Waals surface area contributed by atoms with Gasteiger partial charge in [0.05, 0.1) is 5.52 Å². The van der Waals surface area contributed by atoms with E-state index in [1.165, 1.54) is 5.56 Å². The van der Waals surface area contributed by atoms with Gasteiger partial charge in [-0.15, -0.1) is 0 Å². The molecular weight excluding hydrogens is 446 g/mol. The van der Waals surface area contributed by atoms with Crippen LogP contribution in [0.1, 0.15) is 11.3 Å². The van der Waals surface area contributed by atoms with Gasteiger partial charge in [-0.05, 0) is 55.9 Å². The quantitative estimate of drug-likeness (QED) is 0.404. The Hall–Kier alpha value is -3.42. The van der Waals surface area contributed by atoms with Gasteiger partial charge in [-0.1, -0.05) is 23.7 Å². The van der Waals surface area contributed by atoms with Gasteiger partial charge in [-0.25, -0.2) is 4.98 Å². The van der Waals surface area contributed by atoms with Crippen molar-refractivity contribution >= 4 is 45.6 Å². The van der Waals surface area contributed by atoms with E-state index < -0.39 is 0 Å². The van der Waals surface area contributed by atoms with Crippen molar-refractivity contribution in [2.45, 2.75) is 13.5 Å². The summed E-state index contributed by atoms with van der Waals surface area (Å²) in [5, 5.41) is 8.67. The lowest BCUT2D eigenvalue weighted by Gasteiger charge is -2.32. The summed E-state index contributed by atoms with van der Waals surface area (Å²) in [5.41, 5.74) is 5.03. The third-order valence-corrected chi connectivity index (χ3v) is 6.27. The third-order valence-electron chi connectivity index (χ3n) is 6.04. The first-order chi connectivity index (χ1) is 16.5. The molecule has 0 aliphatic carbocycles. The third kappa shape index (κ3) is 5.21. The molecule has 2 aromatic carbocycles. The van der Waals surface area contributed by atoms with Gasteiger partial charge in [0, 0.05) is 72.5 Å². The molecule has 5 rings (SSSR count). The normalized spacial score (nSPS) is 14.4. The number of rotatable bonds is 6. The van der Waals surface area contributed by atoms with E-state index in [9.17, 15) is 0 Å². The van der Waals surface area contributed by atoms with Crippen molar-refractivity contribution in [1.29, 1.82) is 0 Å². The van der Waals surface area contributed by atoms with Crippen molar-refractivity contribution in [2.75, 3.05) is 48.8 Å². The van der Waals surface area contributed by atoms with E-state index >= 15 is 0 Å². The Balaban J connectivity index is 1.24. The summed E-state index contributed by atoms with van der Waals surface area (Å²) in [6.45, 7) is 6.67. The van der Waals surface area contributed by atoms with Crippen LogP contribution in [0.2, 0.25) is 5.02 Å². The van der Waals surface area contributed by atoms with E-state index in [0.717, 1.165) is 65.9 Å². The maximum absolute atomic E-state index is 6.11. The Morgan fingerprint density at radius 3 is 2.53 bits per heavy atom. The Bertz CT molecular complexity index is 1280. The van der Waals surface area contributed by atoms with E-state index in [2.05, 4.69) is 61.7 Å². The molecule has 1 aliphatic heterocycles. The molecular formula is C26H28ClN7. The maximum atomic E-state index is 6.11. The predicted octanol–water partition coefficient (Wildman–Crippen LogP) is 5.09. The van der Waals surface area contributed by atoms with Gasteiger partial charge in [-0.3, -0.25) is 4.98 Å². The number of nitrogens with one attached hydrogen (secondary N) is 2. The zero-order valence-electron chi connectivity index (χ0n) is 19.4. The SMILES string of the molecule is Cc1cc(NCc2ccc(Nc3ccnc4cc(Cl)ccc34)cc2)nc(N2CCN(C)CC2)n1. The molecule has 2 N–H and O–H groups in total. The number of aryl methyl sites for hydroxylation is 1. The number of benzene rings is 2. The zero-order valence-corrected chi connectivity index (χ0v) is 20.2. The van der Waals surface area contributed by atoms with Crippen LogP contribution >= 0.6 is 11.6 Å². The van der Waals surface area contributed by atoms with Crippen LogP contribution in [0.3, 0.4) is 0 Å². The van der Waals surface area contributed by atoms with Gasteiger partial charge in [0.1, 0.15) is 5.82 Å². The average molecular weight is 474 g/mol. The van der Waals surface area contributed by atoms with Crippen LogP contribution < -0.4 is 15.5 Å². The number of anilines is 4. The molecule has 0 spiro atoms. The zero-order chi connectivity index (χ0) is 23.5. The van der Waals surface area contributed by atoms with E-state index in [4.69, 9.17) is 16.6 Å². The Kier molecular flexibility index (Phi) is 6.47. The number of hydrogen-bond donors (Lipinski definition) is 2. The highest BCUT2D eigenvalue weighted by atomic mass is 35.5. The molecule has 0 saturated carbocycles. The summed E-state index contributed by atoms with van der Waals surface area (Å²) in [6, 6.07) is 18.1. The van der Waals surface area contributed by atoms with Crippen LogP contribution in [-0.2, 0) is 6.54 Å². The number of piperazine rings is 1. The topological polar surface area (TPSA) is 69.2 Å². The Labute approximate surface area is 204 Å². The molecule has 0 amide bonds. The lowest BCUT2D eigenvalue weighted by molar-refractivity contribution is 0.311. The Morgan fingerprint density at radius 2 is 1.74 bits per heavy atom. The van der Waals surface area contributed by atoms with Gasteiger partial charge in [0.25, 0.3) is 0 Å². The molecule has 174 valence electrons. The lowest BCUT2D eigenvalue weighted by Crippen LogP contribution is -2.45. The fourth-order valence-electron chi connectivity index (χ4n) is 4.08. The lowest BCUT2D eigenvalue weighted by atomic mass is 10.1. The minimum absolute atomic E-state index is 0.684. The van der Waals surface area contributed by atoms with Crippen molar-refractivity contribution in [3.8, 4) is 0 Å². The summed E-state index contributed by atoms with van der Waals surface area (Å²) in [7, 11) is 2.15. The van der Waals surface area contributed by atoms with Gasteiger partial charge in [-0.2, -0.15) is 4.98 Å². The van der Waals surface area contributed by atoms with Crippen LogP contribution in [0.15, 0.2) is 60.8 Å². The number of fused-ring (bicyclic) bond motifs is 1. The molecule has 34 heavy (non-hydrogen) atoms. The van der Waals surface area contributed by atoms with Crippen molar-refractivity contribution in [3.63, 3.8) is 0 Å². The largest absolute Gasteiger partial charge is 0.366 e. The van der Waals surface area contributed by atoms with Crippen LogP contribution in [0.4, 0.5) is 23.1 Å². The summed E-state index contributed by atoms with van der Waals surface area (Å²) in [6.07, 6.45) is 1.79. The van der Waals surface area contributed by atoms with Gasteiger partial charge in [0.15, 0.2) is 0 Å². The van der Waals surface area contributed by atoms with Crippen LogP contribution in [0.5, 0.6) is 0 Å². The highest BCUT2D eigenvalue weighted by molar-refractivity contribution is 6.31. The van der Waals surface area contributed by atoms with E-state index in [1.807, 2.05) is 37.3 Å². The number of hydrogen-bond acceptors (Lipinski definition) is 7. The second-order valence-corrected chi connectivity index (χ2v) is 9.12. The summed E-state index contributed by atoms with van der Waals surface area (Å²) in [5.74, 6) is 1.66. The monoisotopic (exact) mass is 473 g/mol. The summed E-state index contributed by atoms with van der Waals surface area (Å²) in [4.78, 5) is 18.4. The van der Waals surface area contributed by atoms with Crippen LogP contribution in [-0.4, -0.2) is 53.1 Å². The molecule has 0 bridgehead atoms. The van der Waals surface area contributed by atoms with Gasteiger partial charge in [0.2, 0.25) is 5.95 Å². The molecule has 7 nitrogen and oxygen atoms in total. The van der Waals surface area contributed by atoms with Crippen LogP contribution in [0, 0.1) is 6.92 Å².